The summed E-state index contributed by atoms with van der Waals surface area (Å²) in [6.07, 6.45) is 4.89. The number of aromatic nitrogens is 1. The second kappa shape index (κ2) is 6.29. The zero-order chi connectivity index (χ0) is 13.0. The third-order valence-corrected chi connectivity index (χ3v) is 4.36. The van der Waals surface area contributed by atoms with Crippen molar-refractivity contribution in [2.75, 3.05) is 13.7 Å². The van der Waals surface area contributed by atoms with Gasteiger partial charge < -0.3 is 4.74 Å². The number of rotatable bonds is 5. The molecule has 1 aliphatic carbocycles. The molecule has 0 bridgehead atoms. The molecule has 1 heterocycles. The quantitative estimate of drug-likeness (QED) is 0.769. The molecule has 0 N–H and O–H groups in total. The highest BCUT2D eigenvalue weighted by Gasteiger charge is 2.25. The minimum absolute atomic E-state index is 0.157. The van der Waals surface area contributed by atoms with Crippen LogP contribution in [0.3, 0.4) is 0 Å². The van der Waals surface area contributed by atoms with E-state index in [0.29, 0.717) is 12.6 Å². The summed E-state index contributed by atoms with van der Waals surface area (Å²) in [7, 11) is 1.45. The second-order valence-electron chi connectivity index (χ2n) is 4.80. The van der Waals surface area contributed by atoms with Crippen LogP contribution >= 0.6 is 11.3 Å². The molecule has 1 fully saturated rings. The first-order valence-electron chi connectivity index (χ1n) is 6.41. The Balaban J connectivity index is 2.01. The van der Waals surface area contributed by atoms with Crippen LogP contribution in [0.15, 0.2) is 5.38 Å². The minimum atomic E-state index is -0.157. The molecule has 0 atom stereocenters. The molecule has 0 saturated heterocycles. The maximum absolute atomic E-state index is 11.5. The van der Waals surface area contributed by atoms with Gasteiger partial charge in [-0.05, 0) is 19.8 Å². The fourth-order valence-electron chi connectivity index (χ4n) is 2.46. The van der Waals surface area contributed by atoms with Crippen LogP contribution in [0.2, 0.25) is 0 Å². The Morgan fingerprint density at radius 3 is 2.83 bits per heavy atom. The third-order valence-electron chi connectivity index (χ3n) is 3.41. The highest BCUT2D eigenvalue weighted by Crippen LogP contribution is 2.25. The van der Waals surface area contributed by atoms with Crippen molar-refractivity contribution in [1.29, 1.82) is 0 Å². The lowest BCUT2D eigenvalue weighted by molar-refractivity contribution is -0.142. The number of methoxy groups -OCH3 is 1. The van der Waals surface area contributed by atoms with Crippen molar-refractivity contribution in [2.45, 2.75) is 45.2 Å². The minimum Gasteiger partial charge on any atom is -0.468 e. The molecule has 0 aliphatic heterocycles. The van der Waals surface area contributed by atoms with Gasteiger partial charge in [-0.3, -0.25) is 9.69 Å². The lowest BCUT2D eigenvalue weighted by Crippen LogP contribution is -2.37. The predicted octanol–water partition coefficient (Wildman–Crippen LogP) is 2.37. The summed E-state index contributed by atoms with van der Waals surface area (Å²) in [4.78, 5) is 18.2. The van der Waals surface area contributed by atoms with E-state index in [-0.39, 0.29) is 5.97 Å². The van der Waals surface area contributed by atoms with Crippen LogP contribution in [-0.4, -0.2) is 35.5 Å². The Labute approximate surface area is 112 Å². The average molecular weight is 268 g/mol. The van der Waals surface area contributed by atoms with Gasteiger partial charge in [-0.2, -0.15) is 0 Å². The first-order valence-corrected chi connectivity index (χ1v) is 7.29. The van der Waals surface area contributed by atoms with Gasteiger partial charge in [0.1, 0.15) is 5.01 Å². The van der Waals surface area contributed by atoms with E-state index in [1.807, 2.05) is 6.92 Å². The molecule has 1 aliphatic rings. The Morgan fingerprint density at radius 2 is 2.28 bits per heavy atom. The van der Waals surface area contributed by atoms with Gasteiger partial charge in [0.2, 0.25) is 0 Å². The predicted molar refractivity (Wildman–Crippen MR) is 71.5 cm³/mol. The lowest BCUT2D eigenvalue weighted by Gasteiger charge is -2.26. The number of carbonyl (C=O) groups excluding carboxylic acids is 1. The number of esters is 1. The lowest BCUT2D eigenvalue weighted by atomic mass is 10.2. The first kappa shape index (κ1) is 13.5. The van der Waals surface area contributed by atoms with E-state index in [1.54, 1.807) is 11.3 Å². The number of aryl methyl sites for hydroxylation is 1. The Morgan fingerprint density at radius 1 is 1.56 bits per heavy atom. The highest BCUT2D eigenvalue weighted by atomic mass is 32.1. The van der Waals surface area contributed by atoms with Gasteiger partial charge in [0.25, 0.3) is 0 Å². The second-order valence-corrected chi connectivity index (χ2v) is 5.74. The van der Waals surface area contributed by atoms with Gasteiger partial charge in [-0.1, -0.05) is 12.8 Å². The molecular formula is C13H20N2O2S. The van der Waals surface area contributed by atoms with Crippen LogP contribution in [0.5, 0.6) is 0 Å². The summed E-state index contributed by atoms with van der Waals surface area (Å²) in [6.45, 7) is 3.14. The van der Waals surface area contributed by atoms with Crippen LogP contribution in [-0.2, 0) is 16.1 Å². The Kier molecular flexibility index (Phi) is 4.72. The van der Waals surface area contributed by atoms with Crippen LogP contribution in [0, 0.1) is 6.92 Å². The summed E-state index contributed by atoms with van der Waals surface area (Å²) in [5.74, 6) is -0.157. The largest absolute Gasteiger partial charge is 0.468 e. The van der Waals surface area contributed by atoms with E-state index in [4.69, 9.17) is 4.74 Å². The maximum atomic E-state index is 11.5. The molecule has 1 aromatic heterocycles. The zero-order valence-electron chi connectivity index (χ0n) is 11.0. The molecule has 100 valence electrons. The third kappa shape index (κ3) is 3.53. The fraction of sp³-hybridized carbons (Fsp3) is 0.692. The topological polar surface area (TPSA) is 42.4 Å². The summed E-state index contributed by atoms with van der Waals surface area (Å²) in [6, 6.07) is 0.508. The van der Waals surface area contributed by atoms with Crippen LogP contribution in [0.25, 0.3) is 0 Å². The first-order chi connectivity index (χ1) is 8.69. The number of thiazole rings is 1. The summed E-state index contributed by atoms with van der Waals surface area (Å²) < 4.78 is 4.79. The van der Waals surface area contributed by atoms with Crippen molar-refractivity contribution in [3.63, 3.8) is 0 Å². The molecule has 0 radical (unpaired) electrons. The molecule has 0 spiro atoms. The standard InChI is InChI=1S/C13H20N2O2S/c1-10-9-18-12(14-10)7-15(8-13(16)17-2)11-5-3-4-6-11/h9,11H,3-8H2,1-2H3. The number of carbonyl (C=O) groups is 1. The summed E-state index contributed by atoms with van der Waals surface area (Å²) in [5, 5.41) is 3.14. The van der Waals surface area contributed by atoms with E-state index < -0.39 is 0 Å². The van der Waals surface area contributed by atoms with Crippen molar-refractivity contribution < 1.29 is 9.53 Å². The molecule has 0 unspecified atom stereocenters. The Hall–Kier alpha value is -0.940. The highest BCUT2D eigenvalue weighted by molar-refractivity contribution is 7.09. The molecule has 4 nitrogen and oxygen atoms in total. The molecule has 5 heteroatoms. The Bertz CT molecular complexity index is 399. The van der Waals surface area contributed by atoms with E-state index in [0.717, 1.165) is 17.2 Å². The average Bonchev–Trinajstić information content (AvgIpc) is 2.99. The van der Waals surface area contributed by atoms with Gasteiger partial charge in [0.05, 0.1) is 20.2 Å². The van der Waals surface area contributed by atoms with Gasteiger partial charge >= 0.3 is 5.97 Å². The SMILES string of the molecule is COC(=O)CN(Cc1nc(C)cs1)C1CCCC1. The van der Waals surface area contributed by atoms with Crippen molar-refractivity contribution in [3.8, 4) is 0 Å². The van der Waals surface area contributed by atoms with Gasteiger partial charge in [0.15, 0.2) is 0 Å². The number of nitrogens with zero attached hydrogens (tertiary/aromatic N) is 2. The van der Waals surface area contributed by atoms with E-state index >= 15 is 0 Å². The van der Waals surface area contributed by atoms with Gasteiger partial charge in [-0.15, -0.1) is 11.3 Å². The van der Waals surface area contributed by atoms with Crippen LogP contribution in [0.4, 0.5) is 0 Å². The number of hydrogen-bond acceptors (Lipinski definition) is 5. The smallest absolute Gasteiger partial charge is 0.319 e. The van der Waals surface area contributed by atoms with Crippen LogP contribution in [0.1, 0.15) is 36.4 Å². The van der Waals surface area contributed by atoms with Crippen molar-refractivity contribution in [1.82, 2.24) is 9.88 Å². The molecule has 18 heavy (non-hydrogen) atoms. The monoisotopic (exact) mass is 268 g/mol. The van der Waals surface area contributed by atoms with E-state index in [2.05, 4.69) is 15.3 Å². The maximum Gasteiger partial charge on any atom is 0.319 e. The van der Waals surface area contributed by atoms with Crippen molar-refractivity contribution >= 4 is 17.3 Å². The molecule has 2 rings (SSSR count). The molecular weight excluding hydrogens is 248 g/mol. The molecule has 1 saturated carbocycles. The van der Waals surface area contributed by atoms with Crippen molar-refractivity contribution in [2.24, 2.45) is 0 Å². The number of hydrogen-bond donors (Lipinski definition) is 0. The zero-order valence-corrected chi connectivity index (χ0v) is 11.8. The van der Waals surface area contributed by atoms with Crippen molar-refractivity contribution in [3.05, 3.63) is 16.1 Å². The van der Waals surface area contributed by atoms with E-state index in [9.17, 15) is 4.79 Å². The van der Waals surface area contributed by atoms with Crippen LogP contribution < -0.4 is 0 Å². The van der Waals surface area contributed by atoms with Gasteiger partial charge in [0, 0.05) is 17.1 Å². The van der Waals surface area contributed by atoms with E-state index in [1.165, 1.54) is 32.8 Å². The van der Waals surface area contributed by atoms with Gasteiger partial charge in [-0.25, -0.2) is 4.98 Å². The molecule has 0 amide bonds. The molecule has 0 aromatic carbocycles. The fourth-order valence-corrected chi connectivity index (χ4v) is 3.26. The normalized spacial score (nSPS) is 16.4. The summed E-state index contributed by atoms with van der Waals surface area (Å²) in [5.41, 5.74) is 1.06. The summed E-state index contributed by atoms with van der Waals surface area (Å²) >= 11 is 1.67. The molecule has 1 aromatic rings. The number of ether oxygens (including phenoxy) is 1.